The van der Waals surface area contributed by atoms with Crippen LogP contribution < -0.4 is 16.4 Å². The summed E-state index contributed by atoms with van der Waals surface area (Å²) in [5, 5.41) is 36.1. The van der Waals surface area contributed by atoms with Crippen molar-refractivity contribution in [1.82, 2.24) is 25.8 Å². The highest BCUT2D eigenvalue weighted by atomic mass is 16.5. The molecule has 9 N–H and O–H groups in total. The van der Waals surface area contributed by atoms with Gasteiger partial charge < -0.3 is 21.8 Å². The highest BCUT2D eigenvalue weighted by Crippen LogP contribution is 2.03. The summed E-state index contributed by atoms with van der Waals surface area (Å²) in [5.74, 6) is -2.05. The molecule has 0 aromatic carbocycles. The van der Waals surface area contributed by atoms with Crippen molar-refractivity contribution >= 4 is 29.5 Å². The van der Waals surface area contributed by atoms with Gasteiger partial charge in [0.15, 0.2) is 0 Å². The van der Waals surface area contributed by atoms with Crippen molar-refractivity contribution in [2.24, 2.45) is 5.73 Å². The maximum atomic E-state index is 12.0. The van der Waals surface area contributed by atoms with Crippen LogP contribution in [-0.2, 0) is 24.0 Å². The van der Waals surface area contributed by atoms with Crippen molar-refractivity contribution in [3.63, 3.8) is 0 Å². The second kappa shape index (κ2) is 25.1. The molecule has 0 aromatic heterocycles. The van der Waals surface area contributed by atoms with Crippen LogP contribution in [0.2, 0.25) is 0 Å². The Kier molecular flexibility index (Phi) is 24.7. The Labute approximate surface area is 236 Å². The van der Waals surface area contributed by atoms with Gasteiger partial charge in [-0.05, 0) is 57.9 Å². The molecule has 0 saturated heterocycles. The Morgan fingerprint density at radius 2 is 0.950 bits per heavy atom. The lowest BCUT2D eigenvalue weighted by atomic mass is 10.2. The van der Waals surface area contributed by atoms with Gasteiger partial charge >= 0.3 is 0 Å². The van der Waals surface area contributed by atoms with Gasteiger partial charge in [0, 0.05) is 65.3 Å². The maximum absolute atomic E-state index is 12.0. The molecule has 40 heavy (non-hydrogen) atoms. The minimum Gasteiger partial charge on any atom is -0.412 e. The number of carbonyl (C=O) groups is 5. The molecule has 5 amide bonds. The molecule has 234 valence electrons. The van der Waals surface area contributed by atoms with Crippen LogP contribution >= 0.6 is 0 Å². The van der Waals surface area contributed by atoms with Gasteiger partial charge in [-0.3, -0.25) is 39.6 Å². The van der Waals surface area contributed by atoms with Gasteiger partial charge in [-0.15, -0.1) is 0 Å². The van der Waals surface area contributed by atoms with Crippen molar-refractivity contribution in [3.05, 3.63) is 0 Å². The van der Waals surface area contributed by atoms with Gasteiger partial charge in [0.05, 0.1) is 0 Å². The van der Waals surface area contributed by atoms with E-state index in [4.69, 9.17) is 5.73 Å². The SMILES string of the molecule is CC(=O)N(O)CCCCCNC(=O)CCC(=O)N(O)CCCCCNC(=O)CCC(=O)N(O)CCCCCN.O. The lowest BCUT2D eigenvalue weighted by molar-refractivity contribution is -0.166. The third-order valence-corrected chi connectivity index (χ3v) is 5.88. The Balaban J connectivity index is 0. The molecule has 0 aliphatic rings. The van der Waals surface area contributed by atoms with Crippen LogP contribution in [0.25, 0.3) is 0 Å². The molecule has 15 nitrogen and oxygen atoms in total. The molecule has 15 heteroatoms. The first-order valence-corrected chi connectivity index (χ1v) is 13.8. The second-order valence-corrected chi connectivity index (χ2v) is 9.35. The number of nitrogens with two attached hydrogens (primary N) is 1. The molecule has 0 spiro atoms. The summed E-state index contributed by atoms with van der Waals surface area (Å²) >= 11 is 0. The molecule has 0 aromatic rings. The van der Waals surface area contributed by atoms with E-state index < -0.39 is 17.7 Å². The average Bonchev–Trinajstić information content (AvgIpc) is 2.91. The fourth-order valence-corrected chi connectivity index (χ4v) is 3.45. The minimum absolute atomic E-state index is 0. The van der Waals surface area contributed by atoms with E-state index in [2.05, 4.69) is 10.6 Å². The first-order chi connectivity index (χ1) is 18.6. The van der Waals surface area contributed by atoms with Gasteiger partial charge in [-0.2, -0.15) is 0 Å². The highest BCUT2D eigenvalue weighted by molar-refractivity contribution is 5.83. The number of carbonyl (C=O) groups excluding carboxylic acids is 5. The maximum Gasteiger partial charge on any atom is 0.246 e. The van der Waals surface area contributed by atoms with Crippen molar-refractivity contribution in [2.45, 2.75) is 90.4 Å². The van der Waals surface area contributed by atoms with Crippen LogP contribution in [0.3, 0.4) is 0 Å². The summed E-state index contributed by atoms with van der Waals surface area (Å²) < 4.78 is 0. The smallest absolute Gasteiger partial charge is 0.246 e. The molecule has 0 atom stereocenters. The molecular weight excluding hydrogens is 528 g/mol. The number of hydrogen-bond acceptors (Lipinski definition) is 9. The van der Waals surface area contributed by atoms with Crippen LogP contribution in [0.1, 0.15) is 90.4 Å². The molecule has 0 aliphatic heterocycles. The largest absolute Gasteiger partial charge is 0.412 e. The number of rotatable bonds is 23. The third kappa shape index (κ3) is 22.0. The highest BCUT2D eigenvalue weighted by Gasteiger charge is 2.14. The molecule has 0 saturated carbocycles. The molecule has 0 fully saturated rings. The summed E-state index contributed by atoms with van der Waals surface area (Å²) in [4.78, 5) is 58.4. The summed E-state index contributed by atoms with van der Waals surface area (Å²) in [6, 6.07) is 0. The van der Waals surface area contributed by atoms with Gasteiger partial charge in [0.1, 0.15) is 0 Å². The molecule has 0 aliphatic carbocycles. The Morgan fingerprint density at radius 1 is 0.575 bits per heavy atom. The second-order valence-electron chi connectivity index (χ2n) is 9.35. The Hall–Kier alpha value is -2.85. The van der Waals surface area contributed by atoms with E-state index in [0.717, 1.165) is 19.3 Å². The predicted octanol–water partition coefficient (Wildman–Crippen LogP) is 0.0974. The van der Waals surface area contributed by atoms with E-state index in [9.17, 15) is 39.6 Å². The van der Waals surface area contributed by atoms with E-state index in [1.54, 1.807) is 0 Å². The summed E-state index contributed by atoms with van der Waals surface area (Å²) in [6.45, 7) is 3.22. The molecule has 0 heterocycles. The lowest BCUT2D eigenvalue weighted by Crippen LogP contribution is -2.31. The van der Waals surface area contributed by atoms with Crippen LogP contribution in [0.5, 0.6) is 0 Å². The molecule has 0 rings (SSSR count). The zero-order valence-corrected chi connectivity index (χ0v) is 23.7. The minimum atomic E-state index is -0.548. The van der Waals surface area contributed by atoms with E-state index in [1.165, 1.54) is 6.92 Å². The van der Waals surface area contributed by atoms with E-state index in [0.29, 0.717) is 73.3 Å². The van der Waals surface area contributed by atoms with Gasteiger partial charge in [0.2, 0.25) is 29.5 Å². The number of unbranched alkanes of at least 4 members (excludes halogenated alkanes) is 6. The molecular formula is C25H50N6O9. The fourth-order valence-electron chi connectivity index (χ4n) is 3.45. The van der Waals surface area contributed by atoms with Crippen LogP contribution in [-0.4, -0.2) is 105 Å². The molecule has 0 bridgehead atoms. The van der Waals surface area contributed by atoms with E-state index in [-0.39, 0.29) is 62.6 Å². The summed E-state index contributed by atoms with van der Waals surface area (Å²) in [6.07, 6.45) is 5.84. The van der Waals surface area contributed by atoms with Crippen LogP contribution in [0, 0.1) is 0 Å². The summed E-state index contributed by atoms with van der Waals surface area (Å²) in [7, 11) is 0. The van der Waals surface area contributed by atoms with Crippen LogP contribution in [0.4, 0.5) is 0 Å². The average molecular weight is 579 g/mol. The Bertz CT molecular complexity index is 742. The molecule has 0 radical (unpaired) electrons. The van der Waals surface area contributed by atoms with Gasteiger partial charge in [-0.25, -0.2) is 15.2 Å². The first-order valence-electron chi connectivity index (χ1n) is 13.8. The summed E-state index contributed by atoms with van der Waals surface area (Å²) in [5.41, 5.74) is 5.39. The quantitative estimate of drug-likeness (QED) is 0.0546. The topological polar surface area (TPSA) is 237 Å². The number of nitrogens with zero attached hydrogens (tertiary/aromatic N) is 3. The van der Waals surface area contributed by atoms with E-state index >= 15 is 0 Å². The fraction of sp³-hybridized carbons (Fsp3) is 0.800. The van der Waals surface area contributed by atoms with Crippen molar-refractivity contribution in [2.75, 3.05) is 39.3 Å². The zero-order valence-electron chi connectivity index (χ0n) is 23.7. The van der Waals surface area contributed by atoms with Crippen molar-refractivity contribution in [3.8, 4) is 0 Å². The predicted molar refractivity (Wildman–Crippen MR) is 145 cm³/mol. The Morgan fingerprint density at radius 3 is 1.32 bits per heavy atom. The van der Waals surface area contributed by atoms with Gasteiger partial charge in [-0.1, -0.05) is 6.42 Å². The number of hydroxylamine groups is 6. The zero-order chi connectivity index (χ0) is 29.5. The monoisotopic (exact) mass is 578 g/mol. The van der Waals surface area contributed by atoms with E-state index in [1.807, 2.05) is 0 Å². The van der Waals surface area contributed by atoms with Gasteiger partial charge in [0.25, 0.3) is 0 Å². The first kappa shape index (κ1) is 39.3. The number of nitrogens with one attached hydrogen (secondary N) is 2. The number of hydrogen-bond donors (Lipinski definition) is 6. The van der Waals surface area contributed by atoms with Crippen molar-refractivity contribution in [1.29, 1.82) is 0 Å². The normalized spacial score (nSPS) is 10.3. The third-order valence-electron chi connectivity index (χ3n) is 5.88. The van der Waals surface area contributed by atoms with Crippen molar-refractivity contribution < 1.29 is 45.1 Å². The standard InChI is InChI=1S/C25H48N6O8.H2O/c1-21(32)29(37)18-9-3-6-16-27-22(33)12-14-25(36)31(39)20-10-4-7-17-28-23(34)11-13-24(35)30(38)19-8-2-5-15-26;/h37-39H,2-20,26H2,1H3,(H,27,33)(H,28,34);1H2. The van der Waals surface area contributed by atoms with Crippen LogP contribution in [0.15, 0.2) is 0 Å². The molecule has 0 unspecified atom stereocenters. The lowest BCUT2D eigenvalue weighted by Gasteiger charge is -2.15. The number of amides is 5.